The average molecular weight is 308 g/mol. The van der Waals surface area contributed by atoms with E-state index in [1.807, 2.05) is 0 Å². The minimum absolute atomic E-state index is 0.0260. The van der Waals surface area contributed by atoms with Gasteiger partial charge in [0.25, 0.3) is 0 Å². The highest BCUT2D eigenvalue weighted by Crippen LogP contribution is 2.62. The van der Waals surface area contributed by atoms with Crippen molar-refractivity contribution in [1.82, 2.24) is 10.2 Å². The predicted molar refractivity (Wildman–Crippen MR) is 82.5 cm³/mol. The zero-order valence-electron chi connectivity index (χ0n) is 13.5. The summed E-state index contributed by atoms with van der Waals surface area (Å²) in [5, 5.41) is 13.8. The number of nitrogens with one attached hydrogen (secondary N) is 1. The number of fused-ring (bicyclic) bond motifs is 2. The fourth-order valence-electron chi connectivity index (χ4n) is 5.40. The number of hydrogen-bond acceptors (Lipinski definition) is 3. The van der Waals surface area contributed by atoms with Gasteiger partial charge in [0.2, 0.25) is 0 Å². The van der Waals surface area contributed by atoms with Gasteiger partial charge in [0, 0.05) is 31.0 Å². The van der Waals surface area contributed by atoms with Crippen LogP contribution in [0.1, 0.15) is 51.4 Å². The molecule has 4 rings (SSSR count). The van der Waals surface area contributed by atoms with E-state index in [0.717, 1.165) is 38.7 Å². The molecule has 3 atom stereocenters. The molecule has 3 unspecified atom stereocenters. The molecule has 4 fully saturated rings. The van der Waals surface area contributed by atoms with Crippen molar-refractivity contribution in [3.63, 3.8) is 0 Å². The molecule has 0 radical (unpaired) electrons. The molecule has 2 amide bonds. The Balaban J connectivity index is 1.37. The number of hydrogen-bond donors (Lipinski definition) is 2. The van der Waals surface area contributed by atoms with Crippen LogP contribution in [0.15, 0.2) is 0 Å². The first-order valence-corrected chi connectivity index (χ1v) is 8.90. The Hall–Kier alpha value is -0.810. The molecule has 1 aliphatic heterocycles. The van der Waals surface area contributed by atoms with Crippen molar-refractivity contribution in [3.8, 4) is 0 Å². The van der Waals surface area contributed by atoms with Gasteiger partial charge in [-0.15, -0.1) is 0 Å². The van der Waals surface area contributed by atoms with Crippen molar-refractivity contribution in [3.05, 3.63) is 0 Å². The first-order chi connectivity index (χ1) is 10.5. The molecule has 124 valence electrons. The summed E-state index contributed by atoms with van der Waals surface area (Å²) in [7, 11) is 1.81. The predicted octanol–water partition coefficient (Wildman–Crippen LogP) is 1.89. The van der Waals surface area contributed by atoms with Gasteiger partial charge in [0.1, 0.15) is 0 Å². The molecule has 1 saturated heterocycles. The lowest BCUT2D eigenvalue weighted by atomic mass is 9.46. The molecule has 5 nitrogen and oxygen atoms in total. The topological polar surface area (TPSA) is 61.8 Å². The molecule has 5 heteroatoms. The minimum atomic E-state index is -0.668. The fraction of sp³-hybridized carbons (Fsp3) is 0.941. The molecule has 4 aliphatic rings. The normalized spacial score (nSPS) is 37.3. The van der Waals surface area contributed by atoms with Crippen LogP contribution >= 0.6 is 0 Å². The Morgan fingerprint density at radius 2 is 2.00 bits per heavy atom. The Morgan fingerprint density at radius 3 is 2.64 bits per heavy atom. The van der Waals surface area contributed by atoms with Gasteiger partial charge in [0.05, 0.1) is 18.2 Å². The summed E-state index contributed by atoms with van der Waals surface area (Å²) >= 11 is 0. The van der Waals surface area contributed by atoms with E-state index < -0.39 is 5.60 Å². The van der Waals surface area contributed by atoms with Gasteiger partial charge in [0.15, 0.2) is 0 Å². The number of aliphatic hydroxyl groups is 1. The van der Waals surface area contributed by atoms with Gasteiger partial charge in [-0.3, -0.25) is 0 Å². The standard InChI is InChI=1S/C17H28N2O3/c1-19(11-16(21)6-2-3-7-16)15(20)18-13-12-5-10-22-14(12)17(13)8-4-9-17/h12-14,21H,2-11H2,1H3,(H,18,20). The van der Waals surface area contributed by atoms with Crippen LogP contribution in [-0.2, 0) is 4.74 Å². The molecule has 2 N–H and O–H groups in total. The number of nitrogens with zero attached hydrogens (tertiary/aromatic N) is 1. The number of carbonyl (C=O) groups is 1. The lowest BCUT2D eigenvalue weighted by molar-refractivity contribution is -0.172. The third-order valence-corrected chi connectivity index (χ3v) is 6.73. The number of ether oxygens (including phenoxy) is 1. The molecular weight excluding hydrogens is 280 g/mol. The van der Waals surface area contributed by atoms with Crippen molar-refractivity contribution in [1.29, 1.82) is 0 Å². The summed E-state index contributed by atoms with van der Waals surface area (Å²) in [5.41, 5.74) is -0.444. The van der Waals surface area contributed by atoms with E-state index in [2.05, 4.69) is 5.32 Å². The molecule has 0 aromatic heterocycles. The van der Waals surface area contributed by atoms with E-state index in [4.69, 9.17) is 4.74 Å². The maximum absolute atomic E-state index is 12.6. The number of urea groups is 1. The summed E-state index contributed by atoms with van der Waals surface area (Å²) in [6, 6.07) is 0.254. The third-order valence-electron chi connectivity index (χ3n) is 6.73. The number of rotatable bonds is 3. The van der Waals surface area contributed by atoms with Gasteiger partial charge < -0.3 is 20.1 Å². The Morgan fingerprint density at radius 1 is 1.27 bits per heavy atom. The zero-order valence-corrected chi connectivity index (χ0v) is 13.5. The minimum Gasteiger partial charge on any atom is -0.388 e. The maximum Gasteiger partial charge on any atom is 0.317 e. The van der Waals surface area contributed by atoms with Gasteiger partial charge in [-0.25, -0.2) is 4.79 Å². The highest BCUT2D eigenvalue weighted by atomic mass is 16.5. The first-order valence-electron chi connectivity index (χ1n) is 8.90. The van der Waals surface area contributed by atoms with Crippen LogP contribution < -0.4 is 5.32 Å². The van der Waals surface area contributed by atoms with E-state index in [9.17, 15) is 9.90 Å². The van der Waals surface area contributed by atoms with Crippen molar-refractivity contribution in [2.75, 3.05) is 20.2 Å². The largest absolute Gasteiger partial charge is 0.388 e. The van der Waals surface area contributed by atoms with Crippen LogP contribution in [-0.4, -0.2) is 54.0 Å². The van der Waals surface area contributed by atoms with Crippen molar-refractivity contribution >= 4 is 6.03 Å². The van der Waals surface area contributed by atoms with E-state index in [1.54, 1.807) is 11.9 Å². The molecule has 0 bridgehead atoms. The van der Waals surface area contributed by atoms with Crippen LogP contribution in [0.25, 0.3) is 0 Å². The smallest absolute Gasteiger partial charge is 0.317 e. The Bertz CT molecular complexity index is 457. The van der Waals surface area contributed by atoms with Gasteiger partial charge >= 0.3 is 6.03 Å². The molecule has 3 saturated carbocycles. The van der Waals surface area contributed by atoms with Crippen LogP contribution in [0.2, 0.25) is 0 Å². The average Bonchev–Trinajstić information content (AvgIpc) is 3.02. The lowest BCUT2D eigenvalue weighted by Gasteiger charge is -2.63. The second kappa shape index (κ2) is 5.10. The highest BCUT2D eigenvalue weighted by molar-refractivity contribution is 5.74. The Labute approximate surface area is 132 Å². The molecule has 0 aromatic rings. The van der Waals surface area contributed by atoms with Gasteiger partial charge in [-0.1, -0.05) is 19.3 Å². The third kappa shape index (κ3) is 2.08. The molecule has 1 heterocycles. The molecular formula is C17H28N2O3. The van der Waals surface area contributed by atoms with Gasteiger partial charge in [-0.2, -0.15) is 0 Å². The summed E-state index contributed by atoms with van der Waals surface area (Å²) < 4.78 is 5.90. The summed E-state index contributed by atoms with van der Waals surface area (Å²) in [6.07, 6.45) is 8.86. The highest BCUT2D eigenvalue weighted by Gasteiger charge is 2.67. The Kier molecular flexibility index (Phi) is 3.42. The monoisotopic (exact) mass is 308 g/mol. The van der Waals surface area contributed by atoms with E-state index in [-0.39, 0.29) is 17.5 Å². The SMILES string of the molecule is CN(CC1(O)CCCC1)C(=O)NC1C2CCOC2C12CCC2. The van der Waals surface area contributed by atoms with Crippen LogP contribution in [0.3, 0.4) is 0 Å². The molecule has 22 heavy (non-hydrogen) atoms. The second-order valence-electron chi connectivity index (χ2n) is 8.05. The number of amides is 2. The van der Waals surface area contributed by atoms with Crippen LogP contribution in [0.4, 0.5) is 4.79 Å². The molecule has 1 spiro atoms. The zero-order chi connectivity index (χ0) is 15.4. The van der Waals surface area contributed by atoms with Crippen molar-refractivity contribution in [2.45, 2.75) is 69.1 Å². The van der Waals surface area contributed by atoms with Crippen LogP contribution in [0, 0.1) is 11.3 Å². The lowest BCUT2D eigenvalue weighted by Crippen LogP contribution is -2.72. The van der Waals surface area contributed by atoms with E-state index in [0.29, 0.717) is 18.6 Å². The van der Waals surface area contributed by atoms with E-state index >= 15 is 0 Å². The molecule has 0 aromatic carbocycles. The fourth-order valence-corrected chi connectivity index (χ4v) is 5.40. The summed E-state index contributed by atoms with van der Waals surface area (Å²) in [5.74, 6) is 0.507. The first kappa shape index (κ1) is 14.8. The molecule has 3 aliphatic carbocycles. The quantitative estimate of drug-likeness (QED) is 0.837. The summed E-state index contributed by atoms with van der Waals surface area (Å²) in [6.45, 7) is 1.29. The maximum atomic E-state index is 12.6. The van der Waals surface area contributed by atoms with Crippen molar-refractivity contribution < 1.29 is 14.6 Å². The number of likely N-dealkylation sites (N-methyl/N-ethyl adjacent to an activating group) is 1. The van der Waals surface area contributed by atoms with E-state index in [1.165, 1.54) is 19.3 Å². The second-order valence-corrected chi connectivity index (χ2v) is 8.05. The van der Waals surface area contributed by atoms with Crippen LogP contribution in [0.5, 0.6) is 0 Å². The number of carbonyl (C=O) groups excluding carboxylic acids is 1. The summed E-state index contributed by atoms with van der Waals surface area (Å²) in [4.78, 5) is 14.2. The van der Waals surface area contributed by atoms with Gasteiger partial charge in [-0.05, 0) is 32.1 Å². The van der Waals surface area contributed by atoms with Crippen molar-refractivity contribution in [2.24, 2.45) is 11.3 Å².